The van der Waals surface area contributed by atoms with Gasteiger partial charge in [-0.3, -0.25) is 0 Å². The molecule has 0 saturated heterocycles. The Morgan fingerprint density at radius 2 is 1.50 bits per heavy atom. The molecule has 0 aliphatic heterocycles. The summed E-state index contributed by atoms with van der Waals surface area (Å²) >= 11 is 16.5. The number of hydrogen-bond acceptors (Lipinski definition) is 0. The van der Waals surface area contributed by atoms with Gasteiger partial charge in [-0.2, -0.15) is 0 Å². The van der Waals surface area contributed by atoms with E-state index in [9.17, 15) is 8.78 Å². The highest BCUT2D eigenvalue weighted by atomic mass is 35.5. The fraction of sp³-hybridized carbons (Fsp3) is 0.333. The van der Waals surface area contributed by atoms with Gasteiger partial charge in [-0.05, 0) is 17.7 Å². The molecule has 1 aliphatic rings. The first-order valence-corrected chi connectivity index (χ1v) is 5.02. The normalized spacial score (nSPS) is 27.4. The second-order valence-corrected chi connectivity index (χ2v) is 5.05. The molecule has 2 rings (SSSR count). The minimum atomic E-state index is -3.05. The van der Waals surface area contributed by atoms with E-state index in [0.29, 0.717) is 10.6 Å². The first-order valence-electron chi connectivity index (χ1n) is 3.88. The van der Waals surface area contributed by atoms with Crippen LogP contribution in [-0.2, 0) is 0 Å². The van der Waals surface area contributed by atoms with Crippen molar-refractivity contribution in [1.29, 1.82) is 0 Å². The van der Waals surface area contributed by atoms with Gasteiger partial charge in [-0.25, -0.2) is 8.78 Å². The summed E-state index contributed by atoms with van der Waals surface area (Å²) in [5.41, 5.74) is 0.407. The standard InChI is InChI=1S/C9H5Cl3F2/c10-6-3-1-5(2-4-6)7-8(11,12)9(7,13)14/h1-4,7H. The van der Waals surface area contributed by atoms with Crippen molar-refractivity contribution < 1.29 is 8.78 Å². The summed E-state index contributed by atoms with van der Waals surface area (Å²) in [4.78, 5) is 0. The minimum absolute atomic E-state index is 0.407. The van der Waals surface area contributed by atoms with E-state index in [2.05, 4.69) is 0 Å². The largest absolute Gasteiger partial charge is 0.291 e. The van der Waals surface area contributed by atoms with E-state index in [1.165, 1.54) is 24.3 Å². The summed E-state index contributed by atoms with van der Waals surface area (Å²) in [6.07, 6.45) is 0. The zero-order valence-electron chi connectivity index (χ0n) is 6.78. The lowest BCUT2D eigenvalue weighted by Crippen LogP contribution is -1.99. The Labute approximate surface area is 94.8 Å². The Balaban J connectivity index is 2.32. The second-order valence-electron chi connectivity index (χ2n) is 3.23. The van der Waals surface area contributed by atoms with Crippen LogP contribution >= 0.6 is 34.8 Å². The first kappa shape index (κ1) is 10.5. The highest BCUT2D eigenvalue weighted by molar-refractivity contribution is 6.53. The molecule has 0 amide bonds. The van der Waals surface area contributed by atoms with E-state index < -0.39 is 16.2 Å². The fourth-order valence-corrected chi connectivity index (χ4v) is 2.18. The molecule has 1 aromatic rings. The quantitative estimate of drug-likeness (QED) is 0.660. The highest BCUT2D eigenvalue weighted by Gasteiger charge is 2.80. The number of rotatable bonds is 1. The number of halogens is 5. The predicted molar refractivity (Wildman–Crippen MR) is 53.6 cm³/mol. The summed E-state index contributed by atoms with van der Waals surface area (Å²) in [5.74, 6) is -4.18. The Bertz CT molecular complexity index is 345. The number of hydrogen-bond donors (Lipinski definition) is 0. The van der Waals surface area contributed by atoms with Crippen molar-refractivity contribution in [3.63, 3.8) is 0 Å². The molecule has 0 N–H and O–H groups in total. The van der Waals surface area contributed by atoms with Crippen LogP contribution in [0.2, 0.25) is 5.02 Å². The topological polar surface area (TPSA) is 0 Å². The van der Waals surface area contributed by atoms with Crippen molar-refractivity contribution >= 4 is 34.8 Å². The highest BCUT2D eigenvalue weighted by Crippen LogP contribution is 2.70. The molecule has 1 aliphatic carbocycles. The van der Waals surface area contributed by atoms with E-state index in [4.69, 9.17) is 34.8 Å². The van der Waals surface area contributed by atoms with Crippen LogP contribution in [0.4, 0.5) is 8.78 Å². The summed E-state index contributed by atoms with van der Waals surface area (Å²) in [6.45, 7) is 0. The summed E-state index contributed by atoms with van der Waals surface area (Å²) in [7, 11) is 0. The molecule has 0 spiro atoms. The zero-order valence-corrected chi connectivity index (χ0v) is 9.04. The van der Waals surface area contributed by atoms with Crippen LogP contribution in [0.3, 0.4) is 0 Å². The van der Waals surface area contributed by atoms with E-state index in [-0.39, 0.29) is 0 Å². The van der Waals surface area contributed by atoms with E-state index in [1.54, 1.807) is 0 Å². The van der Waals surface area contributed by atoms with Crippen molar-refractivity contribution in [2.75, 3.05) is 0 Å². The van der Waals surface area contributed by atoms with Crippen molar-refractivity contribution in [2.45, 2.75) is 16.2 Å². The molecule has 0 bridgehead atoms. The average Bonchev–Trinajstić information content (AvgIpc) is 2.46. The second kappa shape index (κ2) is 2.97. The van der Waals surface area contributed by atoms with E-state index in [1.807, 2.05) is 0 Å². The molecule has 5 heteroatoms. The van der Waals surface area contributed by atoms with Gasteiger partial charge in [0.2, 0.25) is 0 Å². The van der Waals surface area contributed by atoms with E-state index >= 15 is 0 Å². The lowest BCUT2D eigenvalue weighted by atomic mass is 10.1. The molecule has 1 fully saturated rings. The van der Waals surface area contributed by atoms with Crippen LogP contribution in [0.15, 0.2) is 24.3 Å². The van der Waals surface area contributed by atoms with Gasteiger partial charge >= 0.3 is 0 Å². The van der Waals surface area contributed by atoms with Gasteiger partial charge < -0.3 is 0 Å². The van der Waals surface area contributed by atoms with Gasteiger partial charge in [0.1, 0.15) is 0 Å². The maximum absolute atomic E-state index is 13.1. The minimum Gasteiger partial charge on any atom is -0.203 e. The van der Waals surface area contributed by atoms with Crippen LogP contribution in [-0.4, -0.2) is 10.3 Å². The Hall–Kier alpha value is -0.0500. The lowest BCUT2D eigenvalue weighted by Gasteiger charge is -1.97. The molecule has 1 unspecified atom stereocenters. The average molecular weight is 257 g/mol. The third-order valence-electron chi connectivity index (χ3n) is 2.29. The number of benzene rings is 1. The van der Waals surface area contributed by atoms with Gasteiger partial charge in [0, 0.05) is 5.02 Å². The van der Waals surface area contributed by atoms with Gasteiger partial charge in [0.15, 0.2) is 4.33 Å². The zero-order chi connectivity index (χ0) is 10.6. The molecule has 0 aromatic heterocycles. The van der Waals surface area contributed by atoms with E-state index in [0.717, 1.165) is 0 Å². The monoisotopic (exact) mass is 256 g/mol. The molecule has 0 radical (unpaired) electrons. The maximum Gasteiger partial charge on any atom is 0.291 e. The van der Waals surface area contributed by atoms with Gasteiger partial charge in [-0.15, -0.1) is 0 Å². The molecule has 0 heterocycles. The molecule has 0 nitrogen and oxygen atoms in total. The third-order valence-corrected chi connectivity index (χ3v) is 3.48. The maximum atomic E-state index is 13.1. The predicted octanol–water partition coefficient (Wildman–Crippen LogP) is 4.25. The van der Waals surface area contributed by atoms with Crippen LogP contribution in [0.1, 0.15) is 11.5 Å². The first-order chi connectivity index (χ1) is 6.37. The van der Waals surface area contributed by atoms with Crippen LogP contribution in [0.25, 0.3) is 0 Å². The van der Waals surface area contributed by atoms with Gasteiger partial charge in [0.25, 0.3) is 5.92 Å². The molecule has 76 valence electrons. The molecule has 1 atom stereocenters. The Morgan fingerprint density at radius 3 is 1.86 bits per heavy atom. The van der Waals surface area contributed by atoms with Crippen molar-refractivity contribution in [1.82, 2.24) is 0 Å². The van der Waals surface area contributed by atoms with Crippen LogP contribution < -0.4 is 0 Å². The molecule has 1 aromatic carbocycles. The Kier molecular flexibility index (Phi) is 2.22. The molecular weight excluding hydrogens is 252 g/mol. The van der Waals surface area contributed by atoms with Crippen LogP contribution in [0, 0.1) is 0 Å². The van der Waals surface area contributed by atoms with Crippen molar-refractivity contribution in [2.24, 2.45) is 0 Å². The molecule has 14 heavy (non-hydrogen) atoms. The number of alkyl halides is 4. The third kappa shape index (κ3) is 1.32. The van der Waals surface area contributed by atoms with Crippen LogP contribution in [0.5, 0.6) is 0 Å². The fourth-order valence-electron chi connectivity index (χ4n) is 1.42. The summed E-state index contributed by atoms with van der Waals surface area (Å²) in [5, 5.41) is 0.493. The SMILES string of the molecule is FC1(F)C(c2ccc(Cl)cc2)C1(Cl)Cl. The van der Waals surface area contributed by atoms with Crippen molar-refractivity contribution in [3.8, 4) is 0 Å². The summed E-state index contributed by atoms with van der Waals surface area (Å²) < 4.78 is 24.2. The van der Waals surface area contributed by atoms with Gasteiger partial charge in [0.05, 0.1) is 5.92 Å². The van der Waals surface area contributed by atoms with Crippen molar-refractivity contribution in [3.05, 3.63) is 34.9 Å². The smallest absolute Gasteiger partial charge is 0.203 e. The lowest BCUT2D eigenvalue weighted by molar-refractivity contribution is 0.109. The Morgan fingerprint density at radius 1 is 1.07 bits per heavy atom. The molecule has 1 saturated carbocycles. The summed E-state index contributed by atoms with van der Waals surface area (Å²) in [6, 6.07) is 6.09. The molecular formula is C9H5Cl3F2. The van der Waals surface area contributed by atoms with Gasteiger partial charge in [-0.1, -0.05) is 46.9 Å².